The highest BCUT2D eigenvalue weighted by Gasteiger charge is 2.29. The molecule has 0 fully saturated rings. The topological polar surface area (TPSA) is 9.23 Å². The molecule has 1 unspecified atom stereocenters. The molecule has 6 heteroatoms. The van der Waals surface area contributed by atoms with Gasteiger partial charge in [-0.2, -0.15) is 0 Å². The molecule has 1 aromatic rings. The summed E-state index contributed by atoms with van der Waals surface area (Å²) in [5.41, 5.74) is -1.21. The van der Waals surface area contributed by atoms with Crippen LogP contribution < -0.4 is 10.2 Å². The number of hydrogen-bond donors (Lipinski definition) is 0. The first kappa shape index (κ1) is 12.9. The molecular formula is C10H12BF4O-. The minimum absolute atomic E-state index is 0.121. The lowest BCUT2D eigenvalue weighted by atomic mass is 9.80. The van der Waals surface area contributed by atoms with Gasteiger partial charge in [0.15, 0.2) is 0 Å². The molecule has 0 N–H and O–H groups in total. The normalized spacial score (nSPS) is 13.6. The highest BCUT2D eigenvalue weighted by Crippen LogP contribution is 2.18. The molecule has 0 aromatic heterocycles. The van der Waals surface area contributed by atoms with Crippen molar-refractivity contribution >= 4 is 12.4 Å². The largest absolute Gasteiger partial charge is 0.512 e. The summed E-state index contributed by atoms with van der Waals surface area (Å²) < 4.78 is 55.2. The van der Waals surface area contributed by atoms with Crippen LogP contribution in [-0.2, 0) is 0 Å². The molecule has 1 aromatic carbocycles. The van der Waals surface area contributed by atoms with Crippen LogP contribution in [0, 0.1) is 5.82 Å². The lowest BCUT2D eigenvalue weighted by molar-refractivity contribution is 0.216. The molecule has 1 atom stereocenters. The van der Waals surface area contributed by atoms with Crippen LogP contribution in [0.3, 0.4) is 0 Å². The van der Waals surface area contributed by atoms with Crippen LogP contribution in [0.15, 0.2) is 18.2 Å². The first-order chi connectivity index (χ1) is 7.34. The van der Waals surface area contributed by atoms with Gasteiger partial charge in [-0.25, -0.2) is 4.39 Å². The second-order valence-corrected chi connectivity index (χ2v) is 3.59. The fourth-order valence-corrected chi connectivity index (χ4v) is 1.16. The van der Waals surface area contributed by atoms with Crippen LogP contribution in [0.1, 0.15) is 20.3 Å². The third-order valence-corrected chi connectivity index (χ3v) is 2.24. The number of ether oxygens (including phenoxy) is 1. The van der Waals surface area contributed by atoms with E-state index in [1.165, 1.54) is 0 Å². The first-order valence-electron chi connectivity index (χ1n) is 5.00. The van der Waals surface area contributed by atoms with E-state index in [9.17, 15) is 17.3 Å². The Bertz CT molecular complexity index is 364. The molecule has 0 saturated heterocycles. The van der Waals surface area contributed by atoms with Gasteiger partial charge in [-0.3, -0.25) is 0 Å². The van der Waals surface area contributed by atoms with Gasteiger partial charge in [-0.05, 0) is 19.4 Å². The predicted molar refractivity (Wildman–Crippen MR) is 55.5 cm³/mol. The summed E-state index contributed by atoms with van der Waals surface area (Å²) in [6.45, 7) is -1.67. The summed E-state index contributed by atoms with van der Waals surface area (Å²) >= 11 is 0. The molecule has 90 valence electrons. The molecular weight excluding hydrogens is 223 g/mol. The van der Waals surface area contributed by atoms with E-state index in [0.29, 0.717) is 12.5 Å². The van der Waals surface area contributed by atoms with Gasteiger partial charge < -0.3 is 17.7 Å². The molecule has 0 spiro atoms. The van der Waals surface area contributed by atoms with Gasteiger partial charge in [0.05, 0.1) is 11.9 Å². The van der Waals surface area contributed by atoms with Crippen molar-refractivity contribution in [3.63, 3.8) is 0 Å². The lowest BCUT2D eigenvalue weighted by Crippen LogP contribution is -2.36. The minimum atomic E-state index is -5.30. The second kappa shape index (κ2) is 4.76. The fraction of sp³-hybridized carbons (Fsp3) is 0.400. The average molecular weight is 235 g/mol. The van der Waals surface area contributed by atoms with Crippen LogP contribution in [0.25, 0.3) is 0 Å². The zero-order valence-corrected chi connectivity index (χ0v) is 9.01. The van der Waals surface area contributed by atoms with Crippen molar-refractivity contribution in [1.82, 2.24) is 0 Å². The molecule has 0 bridgehead atoms. The van der Waals surface area contributed by atoms with Crippen LogP contribution in [-0.4, -0.2) is 13.1 Å². The van der Waals surface area contributed by atoms with E-state index in [-0.39, 0.29) is 11.9 Å². The Kier molecular flexibility index (Phi) is 3.83. The Hall–Kier alpha value is -1.20. The lowest BCUT2D eigenvalue weighted by Gasteiger charge is -2.18. The summed E-state index contributed by atoms with van der Waals surface area (Å²) in [5.74, 6) is -1.16. The Labute approximate surface area is 91.5 Å². The minimum Gasteiger partial charge on any atom is -0.491 e. The van der Waals surface area contributed by atoms with Crippen molar-refractivity contribution in [1.29, 1.82) is 0 Å². The van der Waals surface area contributed by atoms with Crippen molar-refractivity contribution in [2.75, 3.05) is 0 Å². The highest BCUT2D eigenvalue weighted by atomic mass is 19.4. The van der Waals surface area contributed by atoms with E-state index in [2.05, 4.69) is 0 Å². The fourth-order valence-electron chi connectivity index (χ4n) is 1.16. The number of halogens is 4. The van der Waals surface area contributed by atoms with E-state index in [0.717, 1.165) is 12.1 Å². The smallest absolute Gasteiger partial charge is 0.491 e. The number of rotatable bonds is 4. The molecule has 0 aliphatic heterocycles. The Morgan fingerprint density at radius 2 is 1.94 bits per heavy atom. The van der Waals surface area contributed by atoms with Gasteiger partial charge in [-0.15, -0.1) is 0 Å². The number of hydrogen-bond acceptors (Lipinski definition) is 1. The standard InChI is InChI=1S/C10H12BF4O/c1-3-7(2)16-8-4-5-9(10(12)6-8)11(13,14)15/h4-7H,3H2,1-2H3/q-1. The van der Waals surface area contributed by atoms with Crippen LogP contribution in [0.4, 0.5) is 17.3 Å². The molecule has 0 saturated carbocycles. The van der Waals surface area contributed by atoms with Crippen LogP contribution in [0.5, 0.6) is 5.75 Å². The third-order valence-electron chi connectivity index (χ3n) is 2.24. The highest BCUT2D eigenvalue weighted by molar-refractivity contribution is 6.73. The van der Waals surface area contributed by atoms with Crippen molar-refractivity contribution in [2.24, 2.45) is 0 Å². The van der Waals surface area contributed by atoms with E-state index >= 15 is 0 Å². The zero-order chi connectivity index (χ0) is 12.3. The Morgan fingerprint density at radius 1 is 1.31 bits per heavy atom. The number of benzene rings is 1. The summed E-state index contributed by atoms with van der Waals surface area (Å²) in [4.78, 5) is 0. The average Bonchev–Trinajstić information content (AvgIpc) is 2.15. The van der Waals surface area contributed by atoms with E-state index in [1.54, 1.807) is 6.92 Å². The maximum absolute atomic E-state index is 13.1. The van der Waals surface area contributed by atoms with E-state index in [4.69, 9.17) is 4.74 Å². The maximum atomic E-state index is 13.1. The predicted octanol–water partition coefficient (Wildman–Crippen LogP) is 3.06. The monoisotopic (exact) mass is 235 g/mol. The van der Waals surface area contributed by atoms with Gasteiger partial charge in [0.1, 0.15) is 5.75 Å². The van der Waals surface area contributed by atoms with Crippen molar-refractivity contribution in [3.05, 3.63) is 24.0 Å². The first-order valence-corrected chi connectivity index (χ1v) is 5.00. The quantitative estimate of drug-likeness (QED) is 0.575. The van der Waals surface area contributed by atoms with Crippen molar-refractivity contribution < 1.29 is 22.1 Å². The molecule has 1 rings (SSSR count). The van der Waals surface area contributed by atoms with Gasteiger partial charge >= 0.3 is 6.98 Å². The van der Waals surface area contributed by atoms with Crippen molar-refractivity contribution in [3.8, 4) is 5.75 Å². The molecule has 0 radical (unpaired) electrons. The summed E-state index contributed by atoms with van der Waals surface area (Å²) in [7, 11) is 0. The van der Waals surface area contributed by atoms with Crippen LogP contribution >= 0.6 is 0 Å². The van der Waals surface area contributed by atoms with Gasteiger partial charge in [0.25, 0.3) is 0 Å². The summed E-state index contributed by atoms with van der Waals surface area (Å²) in [6.07, 6.45) is 0.550. The Morgan fingerprint density at radius 3 is 2.38 bits per heavy atom. The van der Waals surface area contributed by atoms with Crippen LogP contribution in [0.2, 0.25) is 0 Å². The Balaban J connectivity index is 2.91. The van der Waals surface area contributed by atoms with Crippen molar-refractivity contribution in [2.45, 2.75) is 26.4 Å². The third kappa shape index (κ3) is 3.15. The summed E-state index contributed by atoms with van der Waals surface area (Å²) in [5, 5.41) is 0. The van der Waals surface area contributed by atoms with Gasteiger partial charge in [-0.1, -0.05) is 18.5 Å². The SMILES string of the molecule is CCC(C)Oc1ccc([B-](F)(F)F)c(F)c1. The molecule has 16 heavy (non-hydrogen) atoms. The molecule has 0 amide bonds. The molecule has 1 nitrogen and oxygen atoms in total. The molecule has 0 heterocycles. The second-order valence-electron chi connectivity index (χ2n) is 3.59. The maximum Gasteiger partial charge on any atom is 0.512 e. The van der Waals surface area contributed by atoms with E-state index in [1.807, 2.05) is 6.92 Å². The molecule has 0 aliphatic carbocycles. The van der Waals surface area contributed by atoms with E-state index < -0.39 is 18.3 Å². The zero-order valence-electron chi connectivity index (χ0n) is 9.01. The van der Waals surface area contributed by atoms with Gasteiger partial charge in [0, 0.05) is 6.07 Å². The van der Waals surface area contributed by atoms with Gasteiger partial charge in [0.2, 0.25) is 0 Å². The summed E-state index contributed by atoms with van der Waals surface area (Å²) in [6, 6.07) is 2.63. The molecule has 0 aliphatic rings.